The van der Waals surface area contributed by atoms with E-state index >= 15 is 0 Å². The van der Waals surface area contributed by atoms with Crippen LogP contribution in [0.25, 0.3) is 0 Å². The summed E-state index contributed by atoms with van der Waals surface area (Å²) in [6.07, 6.45) is 1.96. The predicted octanol–water partition coefficient (Wildman–Crippen LogP) is 0.884. The first-order chi connectivity index (χ1) is 10.6. The molecule has 0 radical (unpaired) electrons. The number of rotatable bonds is 5. The van der Waals surface area contributed by atoms with Gasteiger partial charge in [-0.05, 0) is 31.4 Å². The van der Waals surface area contributed by atoms with Gasteiger partial charge in [-0.1, -0.05) is 19.1 Å². The maximum absolute atomic E-state index is 12.5. The molecule has 1 heterocycles. The average Bonchev–Trinajstić information content (AvgIpc) is 3.02. The molecule has 0 aliphatic carbocycles. The van der Waals surface area contributed by atoms with Gasteiger partial charge in [0.05, 0.1) is 18.2 Å². The molecule has 6 nitrogen and oxygen atoms in total. The maximum Gasteiger partial charge on any atom is 0.258 e. The maximum atomic E-state index is 12.5. The van der Waals surface area contributed by atoms with Crippen LogP contribution in [0.1, 0.15) is 36.5 Å². The smallest absolute Gasteiger partial charge is 0.258 e. The standard InChI is InChI=1S/C16H22N2O4/c1-2-11(10-19)17-15(21)13-7-5-9-18(13)16(22)12-6-3-4-8-14(12)20/h3-4,6,8,11,13,19-20H,2,5,7,9-10H2,1H3,(H,17,21)/t11-,13?/m1/s1. The van der Waals surface area contributed by atoms with Gasteiger partial charge in [0.15, 0.2) is 0 Å². The Kier molecular flexibility index (Phi) is 5.38. The molecule has 1 unspecified atom stereocenters. The molecule has 120 valence electrons. The molecule has 1 aliphatic heterocycles. The van der Waals surface area contributed by atoms with Crippen LogP contribution >= 0.6 is 0 Å². The first-order valence-electron chi connectivity index (χ1n) is 7.58. The number of carbonyl (C=O) groups is 2. The molecule has 0 saturated carbocycles. The molecule has 0 spiro atoms. The van der Waals surface area contributed by atoms with Crippen LogP contribution in [0.2, 0.25) is 0 Å². The minimum atomic E-state index is -0.548. The van der Waals surface area contributed by atoms with Crippen molar-refractivity contribution >= 4 is 11.8 Å². The monoisotopic (exact) mass is 306 g/mol. The number of para-hydroxylation sites is 1. The van der Waals surface area contributed by atoms with Crippen molar-refractivity contribution in [2.24, 2.45) is 0 Å². The first kappa shape index (κ1) is 16.3. The third-order valence-corrected chi connectivity index (χ3v) is 4.01. The number of nitrogens with one attached hydrogen (secondary N) is 1. The highest BCUT2D eigenvalue weighted by Gasteiger charge is 2.35. The third kappa shape index (κ3) is 3.39. The Bertz CT molecular complexity index is 543. The Morgan fingerprint density at radius 2 is 2.14 bits per heavy atom. The van der Waals surface area contributed by atoms with Crippen LogP contribution in [-0.2, 0) is 4.79 Å². The Balaban J connectivity index is 2.12. The zero-order valence-corrected chi connectivity index (χ0v) is 12.7. The number of aromatic hydroxyl groups is 1. The Morgan fingerprint density at radius 1 is 1.41 bits per heavy atom. The Hall–Kier alpha value is -2.08. The van der Waals surface area contributed by atoms with E-state index in [-0.39, 0.29) is 35.8 Å². The molecule has 1 aliphatic rings. The summed E-state index contributed by atoms with van der Waals surface area (Å²) >= 11 is 0. The van der Waals surface area contributed by atoms with E-state index in [1.165, 1.54) is 11.0 Å². The number of nitrogens with zero attached hydrogens (tertiary/aromatic N) is 1. The van der Waals surface area contributed by atoms with E-state index in [1.54, 1.807) is 18.2 Å². The molecule has 1 aromatic carbocycles. The van der Waals surface area contributed by atoms with Gasteiger partial charge in [-0.25, -0.2) is 0 Å². The number of aliphatic hydroxyl groups is 1. The molecule has 0 bridgehead atoms. The summed E-state index contributed by atoms with van der Waals surface area (Å²) in [4.78, 5) is 26.4. The van der Waals surface area contributed by atoms with Crippen molar-refractivity contribution in [3.8, 4) is 5.75 Å². The summed E-state index contributed by atoms with van der Waals surface area (Å²) < 4.78 is 0. The predicted molar refractivity (Wildman–Crippen MR) is 81.5 cm³/mol. The van der Waals surface area contributed by atoms with Gasteiger partial charge in [0, 0.05) is 6.54 Å². The van der Waals surface area contributed by atoms with Gasteiger partial charge >= 0.3 is 0 Å². The molecular formula is C16H22N2O4. The molecule has 6 heteroatoms. The van der Waals surface area contributed by atoms with E-state index in [0.29, 0.717) is 19.4 Å². The molecule has 2 atom stereocenters. The van der Waals surface area contributed by atoms with Crippen LogP contribution in [-0.4, -0.2) is 52.2 Å². The second-order valence-corrected chi connectivity index (χ2v) is 5.47. The summed E-state index contributed by atoms with van der Waals surface area (Å²) in [6.45, 7) is 2.24. The van der Waals surface area contributed by atoms with E-state index in [2.05, 4.69) is 5.32 Å². The third-order valence-electron chi connectivity index (χ3n) is 4.01. The number of likely N-dealkylation sites (tertiary alicyclic amines) is 1. The lowest BCUT2D eigenvalue weighted by atomic mass is 10.1. The average molecular weight is 306 g/mol. The van der Waals surface area contributed by atoms with Crippen molar-refractivity contribution < 1.29 is 19.8 Å². The lowest BCUT2D eigenvalue weighted by Gasteiger charge is -2.26. The molecular weight excluding hydrogens is 284 g/mol. The Labute approximate surface area is 129 Å². The first-order valence-corrected chi connectivity index (χ1v) is 7.58. The second kappa shape index (κ2) is 7.26. The van der Waals surface area contributed by atoms with E-state index in [4.69, 9.17) is 0 Å². The van der Waals surface area contributed by atoms with E-state index in [1.807, 2.05) is 6.92 Å². The van der Waals surface area contributed by atoms with Gasteiger partial charge in [0.25, 0.3) is 5.91 Å². The van der Waals surface area contributed by atoms with Crippen molar-refractivity contribution in [2.45, 2.75) is 38.3 Å². The van der Waals surface area contributed by atoms with Crippen LogP contribution < -0.4 is 5.32 Å². The second-order valence-electron chi connectivity index (χ2n) is 5.47. The van der Waals surface area contributed by atoms with Crippen LogP contribution in [0, 0.1) is 0 Å². The SMILES string of the molecule is CC[C@H](CO)NC(=O)C1CCCN1C(=O)c1ccccc1O. The number of hydrogen-bond acceptors (Lipinski definition) is 4. The minimum absolute atomic E-state index is 0.0830. The number of phenols is 1. The Morgan fingerprint density at radius 3 is 2.77 bits per heavy atom. The number of hydrogen-bond donors (Lipinski definition) is 3. The van der Waals surface area contributed by atoms with Crippen molar-refractivity contribution in [3.05, 3.63) is 29.8 Å². The highest BCUT2D eigenvalue weighted by atomic mass is 16.3. The van der Waals surface area contributed by atoms with Crippen molar-refractivity contribution in [3.63, 3.8) is 0 Å². The number of amides is 2. The van der Waals surface area contributed by atoms with Gasteiger partial charge in [-0.15, -0.1) is 0 Å². The lowest BCUT2D eigenvalue weighted by Crippen LogP contribution is -2.49. The van der Waals surface area contributed by atoms with Crippen molar-refractivity contribution in [2.75, 3.05) is 13.2 Å². The fourth-order valence-corrected chi connectivity index (χ4v) is 2.67. The molecule has 22 heavy (non-hydrogen) atoms. The minimum Gasteiger partial charge on any atom is -0.507 e. The number of phenolic OH excluding ortho intramolecular Hbond substituents is 1. The molecule has 2 rings (SSSR count). The molecule has 2 amide bonds. The molecule has 1 fully saturated rings. The topological polar surface area (TPSA) is 89.9 Å². The van der Waals surface area contributed by atoms with E-state index in [0.717, 1.165) is 6.42 Å². The largest absolute Gasteiger partial charge is 0.507 e. The highest BCUT2D eigenvalue weighted by molar-refractivity contribution is 5.99. The van der Waals surface area contributed by atoms with Crippen LogP contribution in [0.5, 0.6) is 5.75 Å². The summed E-state index contributed by atoms with van der Waals surface area (Å²) in [5.41, 5.74) is 0.205. The van der Waals surface area contributed by atoms with Crippen molar-refractivity contribution in [1.29, 1.82) is 0 Å². The zero-order valence-electron chi connectivity index (χ0n) is 12.7. The molecule has 1 aromatic rings. The van der Waals surface area contributed by atoms with Crippen LogP contribution in [0.15, 0.2) is 24.3 Å². The van der Waals surface area contributed by atoms with Gasteiger partial charge in [-0.2, -0.15) is 0 Å². The number of carbonyl (C=O) groups excluding carboxylic acids is 2. The van der Waals surface area contributed by atoms with Gasteiger partial charge in [0.1, 0.15) is 11.8 Å². The summed E-state index contributed by atoms with van der Waals surface area (Å²) in [6, 6.07) is 5.48. The quantitative estimate of drug-likeness (QED) is 0.753. The number of benzene rings is 1. The molecule has 0 aromatic heterocycles. The van der Waals surface area contributed by atoms with Crippen LogP contribution in [0.3, 0.4) is 0 Å². The summed E-state index contributed by atoms with van der Waals surface area (Å²) in [5, 5.41) is 21.7. The van der Waals surface area contributed by atoms with E-state index in [9.17, 15) is 19.8 Å². The van der Waals surface area contributed by atoms with Crippen LogP contribution in [0.4, 0.5) is 0 Å². The fourth-order valence-electron chi connectivity index (χ4n) is 2.67. The molecule has 3 N–H and O–H groups in total. The van der Waals surface area contributed by atoms with Gasteiger partial charge in [-0.3, -0.25) is 9.59 Å². The molecule has 1 saturated heterocycles. The highest BCUT2D eigenvalue weighted by Crippen LogP contribution is 2.24. The number of aliphatic hydroxyl groups excluding tert-OH is 1. The normalized spacial score (nSPS) is 19.0. The van der Waals surface area contributed by atoms with Crippen molar-refractivity contribution in [1.82, 2.24) is 10.2 Å². The summed E-state index contributed by atoms with van der Waals surface area (Å²) in [7, 11) is 0. The zero-order chi connectivity index (χ0) is 16.1. The van der Waals surface area contributed by atoms with E-state index < -0.39 is 6.04 Å². The summed E-state index contributed by atoms with van der Waals surface area (Å²) in [5.74, 6) is -0.671. The fraction of sp³-hybridized carbons (Fsp3) is 0.500. The van der Waals surface area contributed by atoms with Gasteiger partial charge in [0.2, 0.25) is 5.91 Å². The lowest BCUT2D eigenvalue weighted by molar-refractivity contribution is -0.125. The van der Waals surface area contributed by atoms with Gasteiger partial charge < -0.3 is 20.4 Å².